The van der Waals surface area contributed by atoms with E-state index < -0.39 is 5.97 Å². The molecule has 1 aliphatic rings. The SMILES string of the molecule is COC(=O)c1ncn(C2CCCC2OC)c1N. The van der Waals surface area contributed by atoms with Gasteiger partial charge in [-0.1, -0.05) is 0 Å². The number of nitrogens with two attached hydrogens (primary N) is 1. The van der Waals surface area contributed by atoms with E-state index in [0.717, 1.165) is 19.3 Å². The van der Waals surface area contributed by atoms with Crippen LogP contribution in [0, 0.1) is 0 Å². The molecule has 2 unspecified atom stereocenters. The summed E-state index contributed by atoms with van der Waals surface area (Å²) >= 11 is 0. The van der Waals surface area contributed by atoms with E-state index in [1.54, 1.807) is 13.4 Å². The maximum Gasteiger partial charge on any atom is 0.360 e. The second-order valence-corrected chi connectivity index (χ2v) is 4.15. The standard InChI is InChI=1S/C11H17N3O3/c1-16-8-5-3-4-7(8)14-6-13-9(10(14)12)11(15)17-2/h6-8H,3-5,12H2,1-2H3. The molecule has 0 bridgehead atoms. The minimum atomic E-state index is -0.506. The number of nitrogen functional groups attached to an aromatic ring is 1. The number of methoxy groups -OCH3 is 2. The van der Waals surface area contributed by atoms with Crippen LogP contribution < -0.4 is 5.73 Å². The number of hydrogen-bond acceptors (Lipinski definition) is 5. The van der Waals surface area contributed by atoms with Crippen molar-refractivity contribution in [3.05, 3.63) is 12.0 Å². The Morgan fingerprint density at radius 3 is 2.94 bits per heavy atom. The lowest BCUT2D eigenvalue weighted by Gasteiger charge is -2.20. The molecule has 2 rings (SSSR count). The fourth-order valence-corrected chi connectivity index (χ4v) is 2.39. The molecule has 1 saturated carbocycles. The van der Waals surface area contributed by atoms with E-state index >= 15 is 0 Å². The predicted molar refractivity (Wildman–Crippen MR) is 61.7 cm³/mol. The third-order valence-electron chi connectivity index (χ3n) is 3.29. The first-order chi connectivity index (χ1) is 8.19. The fraction of sp³-hybridized carbons (Fsp3) is 0.636. The first kappa shape index (κ1) is 11.9. The highest BCUT2D eigenvalue weighted by molar-refractivity contribution is 5.92. The van der Waals surface area contributed by atoms with Crippen molar-refractivity contribution in [2.24, 2.45) is 0 Å². The van der Waals surface area contributed by atoms with Crippen LogP contribution in [-0.2, 0) is 9.47 Å². The molecule has 1 heterocycles. The highest BCUT2D eigenvalue weighted by Crippen LogP contribution is 2.34. The van der Waals surface area contributed by atoms with Crippen molar-refractivity contribution >= 4 is 11.8 Å². The van der Waals surface area contributed by atoms with Gasteiger partial charge in [-0.05, 0) is 19.3 Å². The molecule has 0 aromatic carbocycles. The second kappa shape index (κ2) is 4.75. The average molecular weight is 239 g/mol. The van der Waals surface area contributed by atoms with Crippen molar-refractivity contribution in [2.75, 3.05) is 20.0 Å². The van der Waals surface area contributed by atoms with Gasteiger partial charge < -0.3 is 19.8 Å². The molecule has 1 aromatic rings. The first-order valence-electron chi connectivity index (χ1n) is 5.62. The van der Waals surface area contributed by atoms with Crippen molar-refractivity contribution in [1.29, 1.82) is 0 Å². The van der Waals surface area contributed by atoms with E-state index in [1.165, 1.54) is 7.11 Å². The maximum absolute atomic E-state index is 11.4. The van der Waals surface area contributed by atoms with Crippen molar-refractivity contribution in [1.82, 2.24) is 9.55 Å². The van der Waals surface area contributed by atoms with Gasteiger partial charge in [0.15, 0.2) is 5.69 Å². The molecular formula is C11H17N3O3. The molecule has 1 aliphatic carbocycles. The summed E-state index contributed by atoms with van der Waals surface area (Å²) in [6.45, 7) is 0. The molecular weight excluding hydrogens is 222 g/mol. The molecule has 1 fully saturated rings. The summed E-state index contributed by atoms with van der Waals surface area (Å²) in [6.07, 6.45) is 4.81. The summed E-state index contributed by atoms with van der Waals surface area (Å²) in [7, 11) is 3.01. The van der Waals surface area contributed by atoms with Crippen LogP contribution in [0.3, 0.4) is 0 Å². The van der Waals surface area contributed by atoms with Gasteiger partial charge >= 0.3 is 5.97 Å². The van der Waals surface area contributed by atoms with Gasteiger partial charge in [-0.15, -0.1) is 0 Å². The van der Waals surface area contributed by atoms with Crippen LogP contribution >= 0.6 is 0 Å². The quantitative estimate of drug-likeness (QED) is 0.796. The molecule has 0 amide bonds. The highest BCUT2D eigenvalue weighted by atomic mass is 16.5. The van der Waals surface area contributed by atoms with Crippen LogP contribution in [0.15, 0.2) is 6.33 Å². The molecule has 17 heavy (non-hydrogen) atoms. The number of anilines is 1. The lowest BCUT2D eigenvalue weighted by atomic mass is 10.2. The van der Waals surface area contributed by atoms with Crippen molar-refractivity contribution in [3.8, 4) is 0 Å². The smallest absolute Gasteiger partial charge is 0.360 e. The van der Waals surface area contributed by atoms with Gasteiger partial charge in [-0.3, -0.25) is 0 Å². The van der Waals surface area contributed by atoms with E-state index in [4.69, 9.17) is 10.5 Å². The molecule has 0 radical (unpaired) electrons. The van der Waals surface area contributed by atoms with Gasteiger partial charge in [0.05, 0.1) is 25.6 Å². The summed E-state index contributed by atoms with van der Waals surface area (Å²) in [5.74, 6) is -0.154. The number of ether oxygens (including phenoxy) is 2. The summed E-state index contributed by atoms with van der Waals surface area (Å²) in [5, 5.41) is 0. The van der Waals surface area contributed by atoms with Gasteiger partial charge in [0.1, 0.15) is 5.82 Å². The van der Waals surface area contributed by atoms with Crippen LogP contribution in [0.2, 0.25) is 0 Å². The number of rotatable bonds is 3. The summed E-state index contributed by atoms with van der Waals surface area (Å²) < 4.78 is 11.8. The Morgan fingerprint density at radius 1 is 1.53 bits per heavy atom. The summed E-state index contributed by atoms with van der Waals surface area (Å²) in [6, 6.07) is 0.158. The van der Waals surface area contributed by atoms with Gasteiger partial charge in [0.25, 0.3) is 0 Å². The molecule has 2 atom stereocenters. The molecule has 2 N–H and O–H groups in total. The number of esters is 1. The normalized spacial score (nSPS) is 23.9. The summed E-state index contributed by atoms with van der Waals surface area (Å²) in [5.41, 5.74) is 6.10. The maximum atomic E-state index is 11.4. The highest BCUT2D eigenvalue weighted by Gasteiger charge is 2.31. The van der Waals surface area contributed by atoms with Crippen molar-refractivity contribution in [3.63, 3.8) is 0 Å². The first-order valence-corrected chi connectivity index (χ1v) is 5.62. The topological polar surface area (TPSA) is 79.4 Å². The van der Waals surface area contributed by atoms with Crippen molar-refractivity contribution in [2.45, 2.75) is 31.4 Å². The molecule has 6 heteroatoms. The fourth-order valence-electron chi connectivity index (χ4n) is 2.39. The Labute approximate surface area is 99.7 Å². The van der Waals surface area contributed by atoms with Crippen LogP contribution in [0.25, 0.3) is 0 Å². The lowest BCUT2D eigenvalue weighted by molar-refractivity contribution is 0.0594. The van der Waals surface area contributed by atoms with Crippen LogP contribution in [-0.4, -0.2) is 35.8 Å². The minimum absolute atomic E-state index is 0.136. The zero-order valence-corrected chi connectivity index (χ0v) is 10.0. The van der Waals surface area contributed by atoms with Gasteiger partial charge in [-0.2, -0.15) is 0 Å². The lowest BCUT2D eigenvalue weighted by Crippen LogP contribution is -2.21. The second-order valence-electron chi connectivity index (χ2n) is 4.15. The Hall–Kier alpha value is -1.56. The summed E-state index contributed by atoms with van der Waals surface area (Å²) in [4.78, 5) is 15.4. The van der Waals surface area contributed by atoms with Gasteiger partial charge in [0.2, 0.25) is 0 Å². The third kappa shape index (κ3) is 2.00. The van der Waals surface area contributed by atoms with Crippen LogP contribution in [0.1, 0.15) is 35.8 Å². The molecule has 1 aromatic heterocycles. The van der Waals surface area contributed by atoms with E-state index in [2.05, 4.69) is 9.72 Å². The van der Waals surface area contributed by atoms with E-state index in [0.29, 0.717) is 5.82 Å². The van der Waals surface area contributed by atoms with Crippen LogP contribution in [0.4, 0.5) is 5.82 Å². The van der Waals surface area contributed by atoms with E-state index in [9.17, 15) is 4.79 Å². The molecule has 0 saturated heterocycles. The number of carbonyl (C=O) groups excluding carboxylic acids is 1. The Kier molecular flexibility index (Phi) is 3.33. The molecule has 0 aliphatic heterocycles. The van der Waals surface area contributed by atoms with E-state index in [1.807, 2.05) is 4.57 Å². The van der Waals surface area contributed by atoms with Gasteiger partial charge in [0, 0.05) is 7.11 Å². The van der Waals surface area contributed by atoms with Gasteiger partial charge in [-0.25, -0.2) is 9.78 Å². The number of nitrogens with zero attached hydrogens (tertiary/aromatic N) is 2. The number of carbonyl (C=O) groups is 1. The van der Waals surface area contributed by atoms with Crippen molar-refractivity contribution < 1.29 is 14.3 Å². The monoisotopic (exact) mass is 239 g/mol. The Morgan fingerprint density at radius 2 is 2.29 bits per heavy atom. The van der Waals surface area contributed by atoms with Crippen LogP contribution in [0.5, 0.6) is 0 Å². The zero-order chi connectivity index (χ0) is 12.4. The molecule has 94 valence electrons. The average Bonchev–Trinajstić information content (AvgIpc) is 2.93. The number of aromatic nitrogens is 2. The minimum Gasteiger partial charge on any atom is -0.464 e. The molecule has 6 nitrogen and oxygen atoms in total. The predicted octanol–water partition coefficient (Wildman–Crippen LogP) is 0.992. The molecule has 0 spiro atoms. The Bertz CT molecular complexity index is 416. The van der Waals surface area contributed by atoms with E-state index in [-0.39, 0.29) is 17.8 Å². The third-order valence-corrected chi connectivity index (χ3v) is 3.29. The Balaban J connectivity index is 2.27. The number of hydrogen-bond donors (Lipinski definition) is 1. The number of imidazole rings is 1. The zero-order valence-electron chi connectivity index (χ0n) is 10.0. The largest absolute Gasteiger partial charge is 0.464 e.